The lowest BCUT2D eigenvalue weighted by Crippen LogP contribution is -2.40. The van der Waals surface area contributed by atoms with Crippen molar-refractivity contribution in [2.45, 2.75) is 31.5 Å². The number of nitriles is 1. The molecule has 10 heteroatoms. The van der Waals surface area contributed by atoms with E-state index in [0.29, 0.717) is 24.7 Å². The van der Waals surface area contributed by atoms with Crippen LogP contribution in [0.2, 0.25) is 0 Å². The summed E-state index contributed by atoms with van der Waals surface area (Å²) in [6.45, 7) is 3.58. The van der Waals surface area contributed by atoms with E-state index in [1.165, 1.54) is 13.0 Å². The molecular weight excluding hydrogens is 345 g/mol. The Bertz CT molecular complexity index is 671. The van der Waals surface area contributed by atoms with Gasteiger partial charge in [-0.15, -0.1) is 0 Å². The molecule has 1 aromatic heterocycles. The van der Waals surface area contributed by atoms with E-state index in [1.807, 2.05) is 12.2 Å². The number of carbonyl (C=O) groups excluding carboxylic acids is 2. The van der Waals surface area contributed by atoms with Gasteiger partial charge in [0.1, 0.15) is 11.1 Å². The molecule has 1 aromatic rings. The molecule has 0 unspecified atom stereocenters. The van der Waals surface area contributed by atoms with Gasteiger partial charge in [0.15, 0.2) is 0 Å². The van der Waals surface area contributed by atoms with Gasteiger partial charge in [0.2, 0.25) is 5.91 Å². The quantitative estimate of drug-likeness (QED) is 0.787. The molecule has 3 amide bonds. The van der Waals surface area contributed by atoms with Crippen LogP contribution in [0.15, 0.2) is 11.1 Å². The van der Waals surface area contributed by atoms with Gasteiger partial charge >= 0.3 is 12.2 Å². The molecule has 1 rings (SSSR count). The van der Waals surface area contributed by atoms with Crippen LogP contribution in [-0.4, -0.2) is 29.2 Å². The standard InChI is InChI=1S/C14H15F3N4O2S/c1-3-4-19-13(23)21-11(22)7-24-12-9(6-18)10(14(15,16)17)5-8(2)20-12/h5H,3-4,7H2,1-2H3,(H2,19,21,22,23). The Balaban J connectivity index is 2.85. The van der Waals surface area contributed by atoms with Crippen LogP contribution in [-0.2, 0) is 11.0 Å². The molecule has 0 atom stereocenters. The van der Waals surface area contributed by atoms with Crippen molar-refractivity contribution in [2.75, 3.05) is 12.3 Å². The van der Waals surface area contributed by atoms with Gasteiger partial charge in [0.05, 0.1) is 16.9 Å². The number of thioether (sulfide) groups is 1. The fourth-order valence-electron chi connectivity index (χ4n) is 1.66. The lowest BCUT2D eigenvalue weighted by Gasteiger charge is -2.12. The van der Waals surface area contributed by atoms with Crippen LogP contribution in [0, 0.1) is 18.3 Å². The van der Waals surface area contributed by atoms with E-state index < -0.39 is 29.2 Å². The van der Waals surface area contributed by atoms with Gasteiger partial charge in [-0.3, -0.25) is 10.1 Å². The lowest BCUT2D eigenvalue weighted by atomic mass is 10.1. The van der Waals surface area contributed by atoms with Crippen molar-refractivity contribution in [1.29, 1.82) is 5.26 Å². The van der Waals surface area contributed by atoms with Gasteiger partial charge < -0.3 is 5.32 Å². The van der Waals surface area contributed by atoms with Crippen LogP contribution in [0.4, 0.5) is 18.0 Å². The SMILES string of the molecule is CCCNC(=O)NC(=O)CSc1nc(C)cc(C(F)(F)F)c1C#N. The summed E-state index contributed by atoms with van der Waals surface area (Å²) < 4.78 is 38.9. The van der Waals surface area contributed by atoms with Crippen LogP contribution >= 0.6 is 11.8 Å². The Hall–Kier alpha value is -2.28. The summed E-state index contributed by atoms with van der Waals surface area (Å²) in [5.74, 6) is -1.04. The van der Waals surface area contributed by atoms with E-state index in [4.69, 9.17) is 5.26 Å². The zero-order valence-electron chi connectivity index (χ0n) is 13.0. The van der Waals surface area contributed by atoms with Crippen molar-refractivity contribution in [2.24, 2.45) is 0 Å². The number of rotatable bonds is 5. The summed E-state index contributed by atoms with van der Waals surface area (Å²) in [7, 11) is 0. The number of aryl methyl sites for hydroxylation is 1. The second kappa shape index (κ2) is 8.54. The van der Waals surface area contributed by atoms with Crippen LogP contribution < -0.4 is 10.6 Å². The van der Waals surface area contributed by atoms with Gasteiger partial charge in [-0.1, -0.05) is 18.7 Å². The molecule has 0 aliphatic rings. The fraction of sp³-hybridized carbons (Fsp3) is 0.429. The molecule has 0 aliphatic carbocycles. The molecule has 0 spiro atoms. The number of nitrogens with one attached hydrogen (secondary N) is 2. The fourth-order valence-corrected chi connectivity index (χ4v) is 2.51. The number of amides is 3. The van der Waals surface area contributed by atoms with E-state index in [2.05, 4.69) is 10.3 Å². The van der Waals surface area contributed by atoms with Crippen LogP contribution in [0.3, 0.4) is 0 Å². The molecule has 130 valence electrons. The molecule has 0 saturated carbocycles. The summed E-state index contributed by atoms with van der Waals surface area (Å²) in [5.41, 5.74) is -1.66. The molecule has 2 N–H and O–H groups in total. The lowest BCUT2D eigenvalue weighted by molar-refractivity contribution is -0.138. The highest BCUT2D eigenvalue weighted by Gasteiger charge is 2.35. The molecule has 0 fully saturated rings. The number of hydrogen-bond acceptors (Lipinski definition) is 5. The summed E-state index contributed by atoms with van der Waals surface area (Å²) in [6.07, 6.45) is -4.01. The zero-order valence-corrected chi connectivity index (χ0v) is 13.8. The summed E-state index contributed by atoms with van der Waals surface area (Å²) >= 11 is 0.664. The van der Waals surface area contributed by atoms with Crippen molar-refractivity contribution in [3.8, 4) is 6.07 Å². The van der Waals surface area contributed by atoms with Crippen molar-refractivity contribution in [3.05, 3.63) is 22.9 Å². The first kappa shape index (κ1) is 19.8. The number of imide groups is 1. The number of hydrogen-bond donors (Lipinski definition) is 2. The molecule has 0 aromatic carbocycles. The highest BCUT2D eigenvalue weighted by molar-refractivity contribution is 8.00. The van der Waals surface area contributed by atoms with Crippen LogP contribution in [0.1, 0.15) is 30.2 Å². The largest absolute Gasteiger partial charge is 0.417 e. The number of halogens is 3. The molecule has 0 radical (unpaired) electrons. The third-order valence-corrected chi connectivity index (χ3v) is 3.64. The van der Waals surface area contributed by atoms with Gasteiger partial charge in [-0.05, 0) is 19.4 Å². The second-order valence-electron chi connectivity index (χ2n) is 4.69. The number of urea groups is 1. The Morgan fingerprint density at radius 2 is 2.08 bits per heavy atom. The molecule has 6 nitrogen and oxygen atoms in total. The van der Waals surface area contributed by atoms with Gasteiger partial charge in [0.25, 0.3) is 0 Å². The van der Waals surface area contributed by atoms with E-state index in [9.17, 15) is 22.8 Å². The third kappa shape index (κ3) is 5.73. The first-order valence-electron chi connectivity index (χ1n) is 6.88. The number of alkyl halides is 3. The van der Waals surface area contributed by atoms with Gasteiger partial charge in [0, 0.05) is 12.2 Å². The number of aromatic nitrogens is 1. The van der Waals surface area contributed by atoms with Crippen molar-refractivity contribution in [3.63, 3.8) is 0 Å². The smallest absolute Gasteiger partial charge is 0.338 e. The number of nitrogens with zero attached hydrogens (tertiary/aromatic N) is 2. The molecule has 24 heavy (non-hydrogen) atoms. The monoisotopic (exact) mass is 360 g/mol. The van der Waals surface area contributed by atoms with E-state index >= 15 is 0 Å². The maximum absolute atomic E-state index is 13.0. The summed E-state index contributed by atoms with van der Waals surface area (Å²) in [5, 5.41) is 13.3. The minimum absolute atomic E-state index is 0.0740. The van der Waals surface area contributed by atoms with Crippen molar-refractivity contribution >= 4 is 23.7 Å². The Morgan fingerprint density at radius 1 is 1.42 bits per heavy atom. The highest BCUT2D eigenvalue weighted by atomic mass is 32.2. The molecular formula is C14H15F3N4O2S. The van der Waals surface area contributed by atoms with Crippen LogP contribution in [0.25, 0.3) is 0 Å². The minimum Gasteiger partial charge on any atom is -0.338 e. The summed E-state index contributed by atoms with van der Waals surface area (Å²) in [4.78, 5) is 26.8. The molecule has 0 bridgehead atoms. The van der Waals surface area contributed by atoms with Crippen LogP contribution in [0.5, 0.6) is 0 Å². The molecule has 1 heterocycles. The first-order chi connectivity index (χ1) is 11.2. The Labute approximate surface area is 140 Å². The van der Waals surface area contributed by atoms with E-state index in [-0.39, 0.29) is 16.5 Å². The number of carbonyl (C=O) groups is 2. The average molecular weight is 360 g/mol. The Kier molecular flexibility index (Phi) is 7.03. The maximum Gasteiger partial charge on any atom is 0.417 e. The van der Waals surface area contributed by atoms with E-state index in [0.717, 1.165) is 6.07 Å². The first-order valence-corrected chi connectivity index (χ1v) is 7.87. The minimum atomic E-state index is -4.70. The van der Waals surface area contributed by atoms with E-state index in [1.54, 1.807) is 0 Å². The average Bonchev–Trinajstić information content (AvgIpc) is 2.49. The maximum atomic E-state index is 13.0. The molecule has 0 aliphatic heterocycles. The summed E-state index contributed by atoms with van der Waals surface area (Å²) in [6, 6.07) is 1.57. The Morgan fingerprint density at radius 3 is 2.62 bits per heavy atom. The second-order valence-corrected chi connectivity index (χ2v) is 5.66. The topological polar surface area (TPSA) is 94.9 Å². The normalized spacial score (nSPS) is 10.8. The highest BCUT2D eigenvalue weighted by Crippen LogP contribution is 2.35. The predicted molar refractivity (Wildman–Crippen MR) is 81.2 cm³/mol. The number of pyridine rings is 1. The van der Waals surface area contributed by atoms with Crippen molar-refractivity contribution in [1.82, 2.24) is 15.6 Å². The van der Waals surface area contributed by atoms with Gasteiger partial charge in [-0.25, -0.2) is 9.78 Å². The van der Waals surface area contributed by atoms with Crippen molar-refractivity contribution < 1.29 is 22.8 Å². The molecule has 0 saturated heterocycles. The predicted octanol–water partition coefficient (Wildman–Crippen LogP) is 2.61. The third-order valence-electron chi connectivity index (χ3n) is 2.66. The van der Waals surface area contributed by atoms with Gasteiger partial charge in [-0.2, -0.15) is 18.4 Å². The zero-order chi connectivity index (χ0) is 18.3.